The van der Waals surface area contributed by atoms with Crippen LogP contribution in [0.5, 0.6) is 11.5 Å². The molecule has 2 aliphatic heterocycles. The summed E-state index contributed by atoms with van der Waals surface area (Å²) in [6, 6.07) is 4.63. The quantitative estimate of drug-likeness (QED) is 0.598. The van der Waals surface area contributed by atoms with E-state index in [9.17, 15) is 14.4 Å². The van der Waals surface area contributed by atoms with Gasteiger partial charge in [-0.05, 0) is 38.0 Å². The number of likely N-dealkylation sites (tertiary alicyclic amines) is 1. The zero-order chi connectivity index (χ0) is 20.8. The summed E-state index contributed by atoms with van der Waals surface area (Å²) < 4.78 is 10.7. The number of hydrogen-bond acceptors (Lipinski definition) is 7. The molecule has 3 aliphatic rings. The largest absolute Gasteiger partial charge is 0.454 e. The highest BCUT2D eigenvalue weighted by Crippen LogP contribution is 2.38. The number of aromatic nitrogens is 1. The number of amides is 3. The van der Waals surface area contributed by atoms with Gasteiger partial charge in [0.2, 0.25) is 24.5 Å². The minimum atomic E-state index is -0.895. The van der Waals surface area contributed by atoms with Crippen LogP contribution in [0, 0.1) is 11.8 Å². The maximum absolute atomic E-state index is 12.8. The fourth-order valence-corrected chi connectivity index (χ4v) is 4.78. The molecule has 1 aromatic carbocycles. The third-order valence-electron chi connectivity index (χ3n) is 5.71. The molecular weight excluding hydrogens is 406 g/mol. The highest BCUT2D eigenvalue weighted by molar-refractivity contribution is 7.14. The van der Waals surface area contributed by atoms with Crippen LogP contribution in [0.4, 0.5) is 5.13 Å². The van der Waals surface area contributed by atoms with E-state index in [0.717, 1.165) is 10.5 Å². The maximum Gasteiger partial charge on any atom is 0.249 e. The average Bonchev–Trinajstić information content (AvgIpc) is 3.46. The van der Waals surface area contributed by atoms with E-state index in [4.69, 9.17) is 9.47 Å². The van der Waals surface area contributed by atoms with Crippen molar-refractivity contribution in [3.63, 3.8) is 0 Å². The van der Waals surface area contributed by atoms with Crippen molar-refractivity contribution in [1.82, 2.24) is 9.88 Å². The molecule has 1 aliphatic carbocycles. The molecule has 2 aromatic rings. The molecule has 1 aromatic heterocycles. The van der Waals surface area contributed by atoms with Crippen LogP contribution in [-0.4, -0.2) is 40.4 Å². The zero-order valence-corrected chi connectivity index (χ0v) is 17.0. The molecule has 9 heteroatoms. The molecule has 0 spiro atoms. The lowest BCUT2D eigenvalue weighted by molar-refractivity contribution is -0.146. The Balaban J connectivity index is 1.29. The SMILES string of the molecule is C[C@@H](C(=O)Nc1nc(-c2ccc3c(c2)OCO3)cs1)N1C(=O)[C@@H]2CC=CC[C@H]2C1=O. The van der Waals surface area contributed by atoms with Crippen LogP contribution in [-0.2, 0) is 14.4 Å². The Morgan fingerprint density at radius 1 is 1.17 bits per heavy atom. The van der Waals surface area contributed by atoms with Gasteiger partial charge in [0.05, 0.1) is 17.5 Å². The number of allylic oxidation sites excluding steroid dienone is 2. The summed E-state index contributed by atoms with van der Waals surface area (Å²) in [6.45, 7) is 1.77. The van der Waals surface area contributed by atoms with Crippen LogP contribution >= 0.6 is 11.3 Å². The zero-order valence-electron chi connectivity index (χ0n) is 16.2. The molecule has 0 saturated carbocycles. The summed E-state index contributed by atoms with van der Waals surface area (Å²) in [5.41, 5.74) is 1.53. The molecule has 0 unspecified atom stereocenters. The standard InChI is InChI=1S/C21H19N3O5S/c1-11(24-19(26)13-4-2-3-5-14(13)20(24)27)18(25)23-21-22-15(9-30-21)12-6-7-16-17(8-12)29-10-28-16/h2-3,6-9,11,13-14H,4-5,10H2,1H3,(H,22,23,25)/t11-,13+,14+/m0/s1. The highest BCUT2D eigenvalue weighted by atomic mass is 32.1. The van der Waals surface area contributed by atoms with E-state index >= 15 is 0 Å². The van der Waals surface area contributed by atoms with Crippen LogP contribution in [0.1, 0.15) is 19.8 Å². The van der Waals surface area contributed by atoms with Gasteiger partial charge in [-0.25, -0.2) is 4.98 Å². The summed E-state index contributed by atoms with van der Waals surface area (Å²) in [7, 11) is 0. The van der Waals surface area contributed by atoms with E-state index in [-0.39, 0.29) is 30.4 Å². The molecule has 1 saturated heterocycles. The first kappa shape index (κ1) is 18.8. The highest BCUT2D eigenvalue weighted by Gasteiger charge is 2.50. The first-order chi connectivity index (χ1) is 14.5. The molecule has 154 valence electrons. The Kier molecular flexibility index (Phi) is 4.54. The van der Waals surface area contributed by atoms with E-state index in [1.165, 1.54) is 11.3 Å². The van der Waals surface area contributed by atoms with Gasteiger partial charge in [-0.15, -0.1) is 11.3 Å². The minimum absolute atomic E-state index is 0.195. The van der Waals surface area contributed by atoms with Gasteiger partial charge < -0.3 is 14.8 Å². The topological polar surface area (TPSA) is 97.8 Å². The Labute approximate surface area is 176 Å². The number of rotatable bonds is 4. The van der Waals surface area contributed by atoms with E-state index in [0.29, 0.717) is 35.2 Å². The predicted octanol–water partition coefficient (Wildman–Crippen LogP) is 2.82. The van der Waals surface area contributed by atoms with Gasteiger partial charge in [0.1, 0.15) is 6.04 Å². The van der Waals surface area contributed by atoms with E-state index in [1.54, 1.807) is 6.92 Å². The predicted molar refractivity (Wildman–Crippen MR) is 109 cm³/mol. The Bertz CT molecular complexity index is 1050. The monoisotopic (exact) mass is 425 g/mol. The van der Waals surface area contributed by atoms with E-state index in [1.807, 2.05) is 35.7 Å². The van der Waals surface area contributed by atoms with Crippen molar-refractivity contribution in [3.05, 3.63) is 35.7 Å². The number of nitrogens with zero attached hydrogens (tertiary/aromatic N) is 2. The number of nitrogens with one attached hydrogen (secondary N) is 1. The molecular formula is C21H19N3O5S. The fourth-order valence-electron chi connectivity index (χ4n) is 4.05. The normalized spacial score (nSPS) is 22.9. The lowest BCUT2D eigenvalue weighted by Gasteiger charge is -2.21. The van der Waals surface area contributed by atoms with Crippen LogP contribution in [0.3, 0.4) is 0 Å². The second-order valence-corrected chi connectivity index (χ2v) is 8.33. The van der Waals surface area contributed by atoms with Gasteiger partial charge >= 0.3 is 0 Å². The summed E-state index contributed by atoms with van der Waals surface area (Å²) in [5.74, 6) is -0.330. The second kappa shape index (κ2) is 7.24. The van der Waals surface area contributed by atoms with Crippen molar-refractivity contribution in [1.29, 1.82) is 0 Å². The molecule has 30 heavy (non-hydrogen) atoms. The average molecular weight is 425 g/mol. The number of benzene rings is 1. The number of anilines is 1. The number of thiazole rings is 1. The van der Waals surface area contributed by atoms with Crippen LogP contribution in [0.15, 0.2) is 35.7 Å². The number of imide groups is 1. The molecule has 1 fully saturated rings. The number of hydrogen-bond donors (Lipinski definition) is 1. The molecule has 5 rings (SSSR count). The smallest absolute Gasteiger partial charge is 0.249 e. The van der Waals surface area contributed by atoms with Crippen LogP contribution in [0.25, 0.3) is 11.3 Å². The van der Waals surface area contributed by atoms with Crippen molar-refractivity contribution in [2.45, 2.75) is 25.8 Å². The Morgan fingerprint density at radius 3 is 2.60 bits per heavy atom. The second-order valence-electron chi connectivity index (χ2n) is 7.47. The molecule has 8 nitrogen and oxygen atoms in total. The number of carbonyl (C=O) groups excluding carboxylic acids is 3. The van der Waals surface area contributed by atoms with Gasteiger partial charge in [-0.3, -0.25) is 19.3 Å². The van der Waals surface area contributed by atoms with Crippen molar-refractivity contribution in [3.8, 4) is 22.8 Å². The van der Waals surface area contributed by atoms with Crippen molar-refractivity contribution in [2.75, 3.05) is 12.1 Å². The maximum atomic E-state index is 12.8. The molecule has 0 bridgehead atoms. The lowest BCUT2D eigenvalue weighted by Crippen LogP contribution is -2.46. The minimum Gasteiger partial charge on any atom is -0.454 e. The molecule has 3 amide bonds. The van der Waals surface area contributed by atoms with Gasteiger partial charge in [-0.1, -0.05) is 12.2 Å². The Hall–Kier alpha value is -3.20. The van der Waals surface area contributed by atoms with Gasteiger partial charge in [-0.2, -0.15) is 0 Å². The molecule has 3 heterocycles. The first-order valence-corrected chi connectivity index (χ1v) is 10.6. The molecule has 3 atom stereocenters. The van der Waals surface area contributed by atoms with E-state index < -0.39 is 11.9 Å². The van der Waals surface area contributed by atoms with Gasteiger partial charge in [0, 0.05) is 10.9 Å². The van der Waals surface area contributed by atoms with Crippen LogP contribution in [0.2, 0.25) is 0 Å². The summed E-state index contributed by atoms with van der Waals surface area (Å²) >= 11 is 1.27. The summed E-state index contributed by atoms with van der Waals surface area (Å²) in [6.07, 6.45) is 4.94. The molecule has 1 N–H and O–H groups in total. The van der Waals surface area contributed by atoms with Crippen LogP contribution < -0.4 is 14.8 Å². The summed E-state index contributed by atoms with van der Waals surface area (Å²) in [5, 5.41) is 4.96. The lowest BCUT2D eigenvalue weighted by atomic mass is 9.85. The number of carbonyl (C=O) groups is 3. The third-order valence-corrected chi connectivity index (χ3v) is 6.47. The van der Waals surface area contributed by atoms with Crippen molar-refractivity contribution >= 4 is 34.2 Å². The number of fused-ring (bicyclic) bond motifs is 2. The van der Waals surface area contributed by atoms with Crippen molar-refractivity contribution in [2.24, 2.45) is 11.8 Å². The third kappa shape index (κ3) is 3.06. The molecule has 0 radical (unpaired) electrons. The van der Waals surface area contributed by atoms with Gasteiger partial charge in [0.25, 0.3) is 0 Å². The van der Waals surface area contributed by atoms with E-state index in [2.05, 4.69) is 10.3 Å². The first-order valence-electron chi connectivity index (χ1n) is 9.71. The summed E-state index contributed by atoms with van der Waals surface area (Å²) in [4.78, 5) is 43.7. The Morgan fingerprint density at radius 2 is 1.87 bits per heavy atom. The fraction of sp³-hybridized carbons (Fsp3) is 0.333. The van der Waals surface area contributed by atoms with Gasteiger partial charge in [0.15, 0.2) is 16.6 Å². The van der Waals surface area contributed by atoms with Crippen molar-refractivity contribution < 1.29 is 23.9 Å². The number of ether oxygens (including phenoxy) is 2.